The third kappa shape index (κ3) is 4.05. The van der Waals surface area contributed by atoms with E-state index in [9.17, 15) is 9.59 Å². The van der Waals surface area contributed by atoms with Crippen molar-refractivity contribution in [2.45, 2.75) is 26.4 Å². The monoisotopic (exact) mass is 320 g/mol. The van der Waals surface area contributed by atoms with E-state index in [-0.39, 0.29) is 4.88 Å². The summed E-state index contributed by atoms with van der Waals surface area (Å²) < 4.78 is 5.16. The van der Waals surface area contributed by atoms with Gasteiger partial charge in [0.15, 0.2) is 0 Å². The van der Waals surface area contributed by atoms with E-state index >= 15 is 0 Å². The van der Waals surface area contributed by atoms with E-state index in [0.29, 0.717) is 16.9 Å². The van der Waals surface area contributed by atoms with E-state index in [1.54, 1.807) is 45.0 Å². The number of hydrogen-bond acceptors (Lipinski definition) is 5. The van der Waals surface area contributed by atoms with Gasteiger partial charge in [0.2, 0.25) is 0 Å². The number of hydrogen-bond donors (Lipinski definition) is 2. The second kappa shape index (κ2) is 6.15. The van der Waals surface area contributed by atoms with Gasteiger partial charge in [-0.15, -0.1) is 11.3 Å². The third-order valence-electron chi connectivity index (χ3n) is 2.57. The first-order chi connectivity index (χ1) is 10.3. The molecule has 2 rings (SSSR count). The Bertz CT molecular complexity index is 686. The molecule has 0 aliphatic rings. The molecule has 2 aromatic rings. The van der Waals surface area contributed by atoms with Crippen molar-refractivity contribution in [1.82, 2.24) is 4.98 Å². The molecule has 0 atom stereocenters. The Kier molecular flexibility index (Phi) is 4.46. The molecule has 116 valence electrons. The van der Waals surface area contributed by atoms with Gasteiger partial charge < -0.3 is 9.84 Å². The van der Waals surface area contributed by atoms with Crippen molar-refractivity contribution >= 4 is 29.1 Å². The number of nitrogens with zero attached hydrogens (tertiary/aromatic N) is 1. The summed E-state index contributed by atoms with van der Waals surface area (Å²) in [5, 5.41) is 11.7. The van der Waals surface area contributed by atoms with Gasteiger partial charge in [0.1, 0.15) is 10.5 Å². The number of carboxylic acids is 1. The number of nitrogens with one attached hydrogen (secondary N) is 1. The van der Waals surface area contributed by atoms with Crippen LogP contribution in [-0.4, -0.2) is 27.8 Å². The summed E-state index contributed by atoms with van der Waals surface area (Å²) in [6.07, 6.45) is -0.542. The zero-order chi connectivity index (χ0) is 16.3. The average Bonchev–Trinajstić information content (AvgIpc) is 2.86. The Morgan fingerprint density at radius 2 is 1.86 bits per heavy atom. The first kappa shape index (κ1) is 16.0. The lowest BCUT2D eigenvalue weighted by Crippen LogP contribution is -2.27. The molecule has 22 heavy (non-hydrogen) atoms. The largest absolute Gasteiger partial charge is 0.477 e. The van der Waals surface area contributed by atoms with Gasteiger partial charge in [-0.05, 0) is 32.9 Å². The van der Waals surface area contributed by atoms with E-state index in [0.717, 1.165) is 11.3 Å². The Hall–Kier alpha value is -2.41. The van der Waals surface area contributed by atoms with Crippen molar-refractivity contribution < 1.29 is 19.4 Å². The summed E-state index contributed by atoms with van der Waals surface area (Å²) in [7, 11) is 0. The number of carbonyl (C=O) groups excluding carboxylic acids is 1. The highest BCUT2D eigenvalue weighted by molar-refractivity contribution is 7.12. The predicted molar refractivity (Wildman–Crippen MR) is 84.4 cm³/mol. The van der Waals surface area contributed by atoms with Crippen LogP contribution in [0.5, 0.6) is 0 Å². The summed E-state index contributed by atoms with van der Waals surface area (Å²) in [4.78, 5) is 27.0. The van der Waals surface area contributed by atoms with E-state index in [1.807, 2.05) is 0 Å². The van der Waals surface area contributed by atoms with Gasteiger partial charge in [0.05, 0.1) is 11.2 Å². The van der Waals surface area contributed by atoms with Gasteiger partial charge >= 0.3 is 12.1 Å². The highest BCUT2D eigenvalue weighted by Crippen LogP contribution is 2.26. The Morgan fingerprint density at radius 3 is 2.41 bits per heavy atom. The molecule has 2 N–H and O–H groups in total. The molecule has 0 aliphatic carbocycles. The molecule has 0 fully saturated rings. The molecule has 0 bridgehead atoms. The van der Waals surface area contributed by atoms with E-state index in [1.165, 1.54) is 5.51 Å². The summed E-state index contributed by atoms with van der Waals surface area (Å²) in [5.74, 6) is -1.01. The number of anilines is 1. The Balaban J connectivity index is 2.12. The average molecular weight is 320 g/mol. The molecule has 1 amide bonds. The number of thiazole rings is 1. The molecule has 1 heterocycles. The summed E-state index contributed by atoms with van der Waals surface area (Å²) in [6, 6.07) is 6.75. The number of carbonyl (C=O) groups is 2. The van der Waals surface area contributed by atoms with Gasteiger partial charge in [-0.3, -0.25) is 5.32 Å². The first-order valence-electron chi connectivity index (χ1n) is 6.53. The van der Waals surface area contributed by atoms with Crippen molar-refractivity contribution in [3.63, 3.8) is 0 Å². The first-order valence-corrected chi connectivity index (χ1v) is 7.41. The number of rotatable bonds is 3. The van der Waals surface area contributed by atoms with Crippen LogP contribution in [0.1, 0.15) is 30.4 Å². The van der Waals surface area contributed by atoms with Gasteiger partial charge in [-0.1, -0.05) is 12.1 Å². The van der Waals surface area contributed by atoms with Gasteiger partial charge in [0, 0.05) is 11.3 Å². The fourth-order valence-electron chi connectivity index (χ4n) is 1.74. The maximum Gasteiger partial charge on any atom is 0.412 e. The molecule has 0 spiro atoms. The van der Waals surface area contributed by atoms with Crippen molar-refractivity contribution in [3.05, 3.63) is 34.7 Å². The molecule has 1 aromatic heterocycles. The number of benzene rings is 1. The van der Waals surface area contributed by atoms with Crippen LogP contribution < -0.4 is 5.32 Å². The zero-order valence-electron chi connectivity index (χ0n) is 12.4. The maximum absolute atomic E-state index is 11.7. The number of amides is 1. The van der Waals surface area contributed by atoms with Crippen LogP contribution >= 0.6 is 11.3 Å². The van der Waals surface area contributed by atoms with Gasteiger partial charge in [0.25, 0.3) is 0 Å². The predicted octanol–water partition coefficient (Wildman–Crippen LogP) is 3.86. The van der Waals surface area contributed by atoms with Crippen LogP contribution in [0.25, 0.3) is 11.3 Å². The molecule has 0 aliphatic heterocycles. The maximum atomic E-state index is 11.7. The summed E-state index contributed by atoms with van der Waals surface area (Å²) in [5.41, 5.74) is 2.58. The SMILES string of the molecule is CC(C)(C)OC(=O)Nc1ccc(-c2ncsc2C(=O)O)cc1. The number of ether oxygens (including phenoxy) is 1. The van der Waals surface area contributed by atoms with Crippen LogP contribution in [0, 0.1) is 0 Å². The zero-order valence-corrected chi connectivity index (χ0v) is 13.2. The van der Waals surface area contributed by atoms with E-state index < -0.39 is 17.7 Å². The molecule has 1 aromatic carbocycles. The number of aromatic nitrogens is 1. The van der Waals surface area contributed by atoms with Crippen LogP contribution in [0.15, 0.2) is 29.8 Å². The van der Waals surface area contributed by atoms with Crippen molar-refractivity contribution in [2.24, 2.45) is 0 Å². The lowest BCUT2D eigenvalue weighted by Gasteiger charge is -2.19. The van der Waals surface area contributed by atoms with Crippen LogP contribution in [0.4, 0.5) is 10.5 Å². The van der Waals surface area contributed by atoms with E-state index in [2.05, 4.69) is 10.3 Å². The van der Waals surface area contributed by atoms with Crippen molar-refractivity contribution in [1.29, 1.82) is 0 Å². The van der Waals surface area contributed by atoms with E-state index in [4.69, 9.17) is 9.84 Å². The van der Waals surface area contributed by atoms with Crippen molar-refractivity contribution in [3.8, 4) is 11.3 Å². The molecular weight excluding hydrogens is 304 g/mol. The number of aromatic carboxylic acids is 1. The quantitative estimate of drug-likeness (QED) is 0.896. The second-order valence-electron chi connectivity index (χ2n) is 5.54. The molecule has 6 nitrogen and oxygen atoms in total. The normalized spacial score (nSPS) is 11.0. The standard InChI is InChI=1S/C15H16N2O4S/c1-15(2,3)21-14(20)17-10-6-4-9(5-7-10)11-12(13(18)19)22-8-16-11/h4-8H,1-3H3,(H,17,20)(H,18,19). The minimum absolute atomic E-state index is 0.188. The lowest BCUT2D eigenvalue weighted by atomic mass is 10.1. The van der Waals surface area contributed by atoms with Crippen LogP contribution in [0.3, 0.4) is 0 Å². The highest BCUT2D eigenvalue weighted by Gasteiger charge is 2.17. The Labute approximate surface area is 131 Å². The molecule has 0 saturated heterocycles. The highest BCUT2D eigenvalue weighted by atomic mass is 32.1. The number of carboxylic acid groups (broad SMARTS) is 1. The fraction of sp³-hybridized carbons (Fsp3) is 0.267. The smallest absolute Gasteiger partial charge is 0.412 e. The summed E-state index contributed by atoms with van der Waals surface area (Å²) in [6.45, 7) is 5.35. The molecular formula is C15H16N2O4S. The van der Waals surface area contributed by atoms with Gasteiger partial charge in [-0.2, -0.15) is 0 Å². The Morgan fingerprint density at radius 1 is 1.23 bits per heavy atom. The van der Waals surface area contributed by atoms with Crippen LogP contribution in [-0.2, 0) is 4.74 Å². The lowest BCUT2D eigenvalue weighted by molar-refractivity contribution is 0.0634. The third-order valence-corrected chi connectivity index (χ3v) is 3.38. The molecule has 0 unspecified atom stereocenters. The molecule has 0 saturated carbocycles. The fourth-order valence-corrected chi connectivity index (χ4v) is 2.38. The second-order valence-corrected chi connectivity index (χ2v) is 6.39. The van der Waals surface area contributed by atoms with Crippen molar-refractivity contribution in [2.75, 3.05) is 5.32 Å². The molecule has 7 heteroatoms. The minimum Gasteiger partial charge on any atom is -0.477 e. The minimum atomic E-state index is -1.01. The van der Waals surface area contributed by atoms with Gasteiger partial charge in [-0.25, -0.2) is 14.6 Å². The van der Waals surface area contributed by atoms with Crippen LogP contribution in [0.2, 0.25) is 0 Å². The summed E-state index contributed by atoms with van der Waals surface area (Å²) >= 11 is 1.07. The molecule has 0 radical (unpaired) electrons. The topological polar surface area (TPSA) is 88.5 Å².